The standard InChI is InChI=1S/C14H25NO3/c1-10-3-11(2)5-12(4-10)13(17)15-6-14(7-16)8-18-9-14/h10-12,16H,3-9H2,1-2H3,(H,15,17). The molecule has 4 nitrogen and oxygen atoms in total. The summed E-state index contributed by atoms with van der Waals surface area (Å²) < 4.78 is 5.13. The molecule has 104 valence electrons. The van der Waals surface area contributed by atoms with Crippen molar-refractivity contribution in [1.82, 2.24) is 5.32 Å². The molecule has 0 radical (unpaired) electrons. The van der Waals surface area contributed by atoms with Crippen molar-refractivity contribution in [3.05, 3.63) is 0 Å². The fourth-order valence-corrected chi connectivity index (χ4v) is 3.22. The van der Waals surface area contributed by atoms with Gasteiger partial charge in [0.2, 0.25) is 5.91 Å². The molecule has 1 aliphatic carbocycles. The molecule has 0 bridgehead atoms. The highest BCUT2D eigenvalue weighted by Crippen LogP contribution is 2.33. The molecule has 2 rings (SSSR count). The maximum absolute atomic E-state index is 12.2. The van der Waals surface area contributed by atoms with Gasteiger partial charge in [-0.1, -0.05) is 13.8 Å². The molecule has 4 heteroatoms. The molecule has 2 atom stereocenters. The Labute approximate surface area is 109 Å². The van der Waals surface area contributed by atoms with Crippen LogP contribution < -0.4 is 5.32 Å². The first-order chi connectivity index (χ1) is 8.54. The second-order valence-corrected chi connectivity index (χ2v) is 6.48. The molecule has 0 aromatic heterocycles. The summed E-state index contributed by atoms with van der Waals surface area (Å²) in [5, 5.41) is 12.3. The maximum atomic E-state index is 12.2. The number of nitrogens with one attached hydrogen (secondary N) is 1. The van der Waals surface area contributed by atoms with Gasteiger partial charge in [-0.3, -0.25) is 4.79 Å². The van der Waals surface area contributed by atoms with Gasteiger partial charge in [-0.25, -0.2) is 0 Å². The van der Waals surface area contributed by atoms with Crippen LogP contribution in [0.15, 0.2) is 0 Å². The molecule has 1 aliphatic heterocycles. The van der Waals surface area contributed by atoms with Crippen LogP contribution in [0.2, 0.25) is 0 Å². The van der Waals surface area contributed by atoms with E-state index in [4.69, 9.17) is 4.74 Å². The molecule has 1 saturated carbocycles. The lowest BCUT2D eigenvalue weighted by Gasteiger charge is -2.40. The summed E-state index contributed by atoms with van der Waals surface area (Å²) in [6.07, 6.45) is 3.23. The van der Waals surface area contributed by atoms with E-state index >= 15 is 0 Å². The number of ether oxygens (including phenoxy) is 1. The molecular formula is C14H25NO3. The lowest BCUT2D eigenvalue weighted by Crippen LogP contribution is -2.54. The number of aliphatic hydroxyl groups excluding tert-OH is 1. The monoisotopic (exact) mass is 255 g/mol. The van der Waals surface area contributed by atoms with Crippen molar-refractivity contribution in [3.8, 4) is 0 Å². The van der Waals surface area contributed by atoms with E-state index in [-0.39, 0.29) is 23.8 Å². The van der Waals surface area contributed by atoms with Gasteiger partial charge >= 0.3 is 0 Å². The molecule has 0 aromatic carbocycles. The third kappa shape index (κ3) is 3.04. The maximum Gasteiger partial charge on any atom is 0.223 e. The first kappa shape index (κ1) is 13.8. The summed E-state index contributed by atoms with van der Waals surface area (Å²) in [7, 11) is 0. The summed E-state index contributed by atoms with van der Waals surface area (Å²) in [6, 6.07) is 0. The Balaban J connectivity index is 1.80. The van der Waals surface area contributed by atoms with Crippen LogP contribution in [0, 0.1) is 23.2 Å². The average Bonchev–Trinajstić information content (AvgIpc) is 2.26. The highest BCUT2D eigenvalue weighted by atomic mass is 16.5. The van der Waals surface area contributed by atoms with Gasteiger partial charge in [0.05, 0.1) is 25.2 Å². The van der Waals surface area contributed by atoms with E-state index in [0.29, 0.717) is 31.6 Å². The van der Waals surface area contributed by atoms with Gasteiger partial charge in [0.25, 0.3) is 0 Å². The van der Waals surface area contributed by atoms with Crippen LogP contribution >= 0.6 is 0 Å². The van der Waals surface area contributed by atoms with Gasteiger partial charge in [-0.05, 0) is 31.1 Å². The Bertz CT molecular complexity index is 286. The minimum Gasteiger partial charge on any atom is -0.396 e. The van der Waals surface area contributed by atoms with E-state index in [1.807, 2.05) is 0 Å². The lowest BCUT2D eigenvalue weighted by atomic mass is 9.76. The minimum atomic E-state index is -0.221. The minimum absolute atomic E-state index is 0.0880. The second kappa shape index (κ2) is 5.57. The smallest absolute Gasteiger partial charge is 0.223 e. The Morgan fingerprint density at radius 1 is 1.28 bits per heavy atom. The van der Waals surface area contributed by atoms with Crippen LogP contribution in [0.3, 0.4) is 0 Å². The summed E-state index contributed by atoms with van der Waals surface area (Å²) >= 11 is 0. The Hall–Kier alpha value is -0.610. The molecule has 1 amide bonds. The van der Waals surface area contributed by atoms with Crippen LogP contribution in [0.4, 0.5) is 0 Å². The number of hydrogen-bond donors (Lipinski definition) is 2. The van der Waals surface area contributed by atoms with E-state index in [9.17, 15) is 9.90 Å². The zero-order chi connectivity index (χ0) is 13.2. The van der Waals surface area contributed by atoms with Crippen molar-refractivity contribution in [2.24, 2.45) is 23.2 Å². The van der Waals surface area contributed by atoms with Crippen molar-refractivity contribution in [3.63, 3.8) is 0 Å². The number of amides is 1. The average molecular weight is 255 g/mol. The first-order valence-electron chi connectivity index (χ1n) is 7.01. The highest BCUT2D eigenvalue weighted by Gasteiger charge is 2.39. The van der Waals surface area contributed by atoms with Crippen molar-refractivity contribution >= 4 is 5.91 Å². The number of carbonyl (C=O) groups is 1. The normalized spacial score (nSPS) is 34.7. The van der Waals surface area contributed by atoms with Crippen LogP contribution in [-0.2, 0) is 9.53 Å². The molecule has 2 aliphatic rings. The molecule has 2 fully saturated rings. The molecule has 0 spiro atoms. The third-order valence-corrected chi connectivity index (χ3v) is 4.34. The van der Waals surface area contributed by atoms with Gasteiger partial charge in [-0.15, -0.1) is 0 Å². The Kier molecular flexibility index (Phi) is 4.28. The Morgan fingerprint density at radius 3 is 2.33 bits per heavy atom. The highest BCUT2D eigenvalue weighted by molar-refractivity contribution is 5.78. The molecule has 0 aromatic rings. The number of aliphatic hydroxyl groups is 1. The zero-order valence-electron chi connectivity index (χ0n) is 11.4. The van der Waals surface area contributed by atoms with E-state index in [2.05, 4.69) is 19.2 Å². The van der Waals surface area contributed by atoms with Gasteiger partial charge in [0.15, 0.2) is 0 Å². The molecule has 2 N–H and O–H groups in total. The number of hydrogen-bond acceptors (Lipinski definition) is 3. The Morgan fingerprint density at radius 2 is 1.89 bits per heavy atom. The fraction of sp³-hybridized carbons (Fsp3) is 0.929. The van der Waals surface area contributed by atoms with Crippen molar-refractivity contribution < 1.29 is 14.6 Å². The van der Waals surface area contributed by atoms with Gasteiger partial charge in [-0.2, -0.15) is 0 Å². The fourth-order valence-electron chi connectivity index (χ4n) is 3.22. The van der Waals surface area contributed by atoms with E-state index in [1.54, 1.807) is 0 Å². The molecule has 2 unspecified atom stereocenters. The van der Waals surface area contributed by atoms with Crippen LogP contribution in [0.25, 0.3) is 0 Å². The molecular weight excluding hydrogens is 230 g/mol. The van der Waals surface area contributed by atoms with Crippen LogP contribution in [-0.4, -0.2) is 37.4 Å². The first-order valence-corrected chi connectivity index (χ1v) is 7.01. The third-order valence-electron chi connectivity index (χ3n) is 4.34. The van der Waals surface area contributed by atoms with Gasteiger partial charge < -0.3 is 15.2 Å². The topological polar surface area (TPSA) is 58.6 Å². The van der Waals surface area contributed by atoms with Crippen molar-refractivity contribution in [2.75, 3.05) is 26.4 Å². The predicted octanol–water partition coefficient (Wildman–Crippen LogP) is 1.18. The largest absolute Gasteiger partial charge is 0.396 e. The van der Waals surface area contributed by atoms with Crippen LogP contribution in [0.1, 0.15) is 33.1 Å². The summed E-state index contributed by atoms with van der Waals surface area (Å²) in [4.78, 5) is 12.2. The van der Waals surface area contributed by atoms with Crippen molar-refractivity contribution in [1.29, 1.82) is 0 Å². The van der Waals surface area contributed by atoms with E-state index in [0.717, 1.165) is 12.8 Å². The van der Waals surface area contributed by atoms with Gasteiger partial charge in [0, 0.05) is 12.5 Å². The number of carbonyl (C=O) groups excluding carboxylic acids is 1. The quantitative estimate of drug-likeness (QED) is 0.793. The predicted molar refractivity (Wildman–Crippen MR) is 69.0 cm³/mol. The molecule has 18 heavy (non-hydrogen) atoms. The van der Waals surface area contributed by atoms with Crippen molar-refractivity contribution in [2.45, 2.75) is 33.1 Å². The summed E-state index contributed by atoms with van der Waals surface area (Å²) in [6.45, 7) is 6.20. The second-order valence-electron chi connectivity index (χ2n) is 6.48. The van der Waals surface area contributed by atoms with E-state index in [1.165, 1.54) is 6.42 Å². The lowest BCUT2D eigenvalue weighted by molar-refractivity contribution is -0.143. The summed E-state index contributed by atoms with van der Waals surface area (Å²) in [5.41, 5.74) is -0.221. The molecule has 1 saturated heterocycles. The van der Waals surface area contributed by atoms with E-state index < -0.39 is 0 Å². The SMILES string of the molecule is CC1CC(C)CC(C(=O)NCC2(CO)COC2)C1. The van der Waals surface area contributed by atoms with Gasteiger partial charge in [0.1, 0.15) is 0 Å². The molecule has 1 heterocycles. The number of rotatable bonds is 4. The van der Waals surface area contributed by atoms with Crippen LogP contribution in [0.5, 0.6) is 0 Å². The summed E-state index contributed by atoms with van der Waals surface area (Å²) in [5.74, 6) is 1.60. The zero-order valence-corrected chi connectivity index (χ0v) is 11.4.